The zero-order valence-corrected chi connectivity index (χ0v) is 12.4. The maximum Gasteiger partial charge on any atom is 0.107 e. The molecule has 2 rings (SSSR count). The Hall–Kier alpha value is -0.160. The van der Waals surface area contributed by atoms with E-state index in [0.29, 0.717) is 16.9 Å². The van der Waals surface area contributed by atoms with Gasteiger partial charge in [0, 0.05) is 24.3 Å². The predicted molar refractivity (Wildman–Crippen MR) is 74.2 cm³/mol. The van der Waals surface area contributed by atoms with E-state index in [2.05, 4.69) is 40.1 Å². The Morgan fingerprint density at radius 1 is 1.41 bits per heavy atom. The van der Waals surface area contributed by atoms with Gasteiger partial charge in [-0.1, -0.05) is 25.4 Å². The molecule has 5 heteroatoms. The average molecular weight is 322 g/mol. The lowest BCUT2D eigenvalue weighted by atomic mass is 9.90. The fraction of sp³-hybridized carbons (Fsp3) is 0.583. The summed E-state index contributed by atoms with van der Waals surface area (Å²) in [4.78, 5) is 3.87. The van der Waals surface area contributed by atoms with Crippen LogP contribution >= 0.6 is 27.5 Å². The third kappa shape index (κ3) is 5.34. The highest BCUT2D eigenvalue weighted by atomic mass is 79.9. The van der Waals surface area contributed by atoms with Crippen LogP contribution in [0, 0.1) is 11.8 Å². The summed E-state index contributed by atoms with van der Waals surface area (Å²) >= 11 is 8.74. The maximum atomic E-state index is 9.41. The van der Waals surface area contributed by atoms with Gasteiger partial charge < -0.3 is 10.4 Å². The van der Waals surface area contributed by atoms with E-state index in [1.54, 1.807) is 18.3 Å². The maximum absolute atomic E-state index is 9.41. The summed E-state index contributed by atoms with van der Waals surface area (Å²) in [6.45, 7) is 6.08. The van der Waals surface area contributed by atoms with E-state index in [-0.39, 0.29) is 6.10 Å². The number of hydrogen-bond donors (Lipinski definition) is 2. The number of halogens is 2. The Morgan fingerprint density at radius 2 is 2.00 bits per heavy atom. The molecule has 2 atom stereocenters. The van der Waals surface area contributed by atoms with E-state index in [0.717, 1.165) is 17.7 Å². The van der Waals surface area contributed by atoms with E-state index >= 15 is 0 Å². The lowest BCUT2D eigenvalue weighted by Crippen LogP contribution is -2.44. The molecule has 1 aromatic rings. The molecular weight excluding hydrogens is 304 g/mol. The van der Waals surface area contributed by atoms with Crippen LogP contribution in [-0.4, -0.2) is 29.3 Å². The molecule has 0 aliphatic carbocycles. The third-order valence-electron chi connectivity index (χ3n) is 2.79. The quantitative estimate of drug-likeness (QED) is 0.722. The summed E-state index contributed by atoms with van der Waals surface area (Å²) in [6.07, 6.45) is 1.55. The van der Waals surface area contributed by atoms with Gasteiger partial charge in [-0.3, -0.25) is 0 Å². The monoisotopic (exact) mass is 320 g/mol. The highest BCUT2D eigenvalue weighted by Gasteiger charge is 2.24. The first-order valence-electron chi connectivity index (χ1n) is 5.66. The number of hydrogen-bond acceptors (Lipinski definition) is 3. The second kappa shape index (κ2) is 7.31. The standard InChI is InChI=1S/C7H15NO.C5H3BrClN/c1-5-3-8-4-6(2)7(5)9;6-5-3-4(7)1-2-8-5/h5-9H,3-4H2,1-2H3;1-3H. The molecule has 1 aliphatic rings. The fourth-order valence-electron chi connectivity index (χ4n) is 1.72. The Kier molecular flexibility index (Phi) is 6.41. The molecule has 0 radical (unpaired) electrons. The highest BCUT2D eigenvalue weighted by Crippen LogP contribution is 2.15. The Balaban J connectivity index is 0.000000171. The number of aliphatic hydroxyl groups is 1. The minimum Gasteiger partial charge on any atom is -0.392 e. The average Bonchev–Trinajstić information content (AvgIpc) is 2.26. The second-order valence-electron chi connectivity index (χ2n) is 4.40. The zero-order chi connectivity index (χ0) is 12.8. The number of rotatable bonds is 0. The molecule has 1 fully saturated rings. The molecular formula is C12H18BrClN2O. The Bertz CT molecular complexity index is 324. The van der Waals surface area contributed by atoms with E-state index in [9.17, 15) is 5.11 Å². The molecule has 17 heavy (non-hydrogen) atoms. The van der Waals surface area contributed by atoms with Crippen molar-refractivity contribution in [2.75, 3.05) is 13.1 Å². The molecule has 1 saturated heterocycles. The van der Waals surface area contributed by atoms with Gasteiger partial charge in [-0.15, -0.1) is 0 Å². The second-order valence-corrected chi connectivity index (χ2v) is 5.65. The van der Waals surface area contributed by atoms with Crippen LogP contribution in [0.4, 0.5) is 0 Å². The van der Waals surface area contributed by atoms with Crippen molar-refractivity contribution >= 4 is 27.5 Å². The van der Waals surface area contributed by atoms with Crippen molar-refractivity contribution in [2.24, 2.45) is 11.8 Å². The largest absolute Gasteiger partial charge is 0.392 e. The number of aliphatic hydroxyl groups excluding tert-OH is 1. The molecule has 0 aromatic carbocycles. The highest BCUT2D eigenvalue weighted by molar-refractivity contribution is 9.10. The van der Waals surface area contributed by atoms with Crippen LogP contribution in [0.1, 0.15) is 13.8 Å². The molecule has 0 bridgehead atoms. The molecule has 3 nitrogen and oxygen atoms in total. The molecule has 2 unspecified atom stereocenters. The van der Waals surface area contributed by atoms with Crippen LogP contribution in [0.2, 0.25) is 5.02 Å². The van der Waals surface area contributed by atoms with E-state index < -0.39 is 0 Å². The minimum absolute atomic E-state index is 0.0914. The number of piperidine rings is 1. The normalized spacial score (nSPS) is 28.2. The lowest BCUT2D eigenvalue weighted by molar-refractivity contribution is 0.0434. The molecule has 0 saturated carbocycles. The lowest BCUT2D eigenvalue weighted by Gasteiger charge is -2.30. The van der Waals surface area contributed by atoms with Gasteiger partial charge in [-0.05, 0) is 39.9 Å². The smallest absolute Gasteiger partial charge is 0.107 e. The number of pyridine rings is 1. The van der Waals surface area contributed by atoms with Gasteiger partial charge in [0.15, 0.2) is 0 Å². The van der Waals surface area contributed by atoms with Gasteiger partial charge in [-0.2, -0.15) is 0 Å². The summed E-state index contributed by atoms with van der Waals surface area (Å²) in [5.41, 5.74) is 0. The van der Waals surface area contributed by atoms with Gasteiger partial charge in [0.2, 0.25) is 0 Å². The molecule has 0 amide bonds. The first kappa shape index (κ1) is 14.9. The van der Waals surface area contributed by atoms with Gasteiger partial charge in [-0.25, -0.2) is 4.98 Å². The molecule has 96 valence electrons. The van der Waals surface area contributed by atoms with Crippen molar-refractivity contribution in [3.8, 4) is 0 Å². The summed E-state index contributed by atoms with van der Waals surface area (Å²) in [5, 5.41) is 13.4. The van der Waals surface area contributed by atoms with Crippen LogP contribution in [0.5, 0.6) is 0 Å². The molecule has 2 heterocycles. The predicted octanol–water partition coefficient (Wildman–Crippen LogP) is 2.72. The van der Waals surface area contributed by atoms with Crippen LogP contribution in [0.3, 0.4) is 0 Å². The zero-order valence-electron chi connectivity index (χ0n) is 10.0. The SMILES string of the molecule is CC1CNCC(C)C1O.Clc1ccnc(Br)c1. The van der Waals surface area contributed by atoms with Crippen molar-refractivity contribution in [3.05, 3.63) is 28.0 Å². The Morgan fingerprint density at radius 3 is 2.35 bits per heavy atom. The van der Waals surface area contributed by atoms with Crippen molar-refractivity contribution in [2.45, 2.75) is 20.0 Å². The van der Waals surface area contributed by atoms with Crippen molar-refractivity contribution in [3.63, 3.8) is 0 Å². The van der Waals surface area contributed by atoms with Crippen molar-refractivity contribution in [1.29, 1.82) is 0 Å². The molecule has 0 spiro atoms. The molecule has 2 N–H and O–H groups in total. The minimum atomic E-state index is -0.0914. The topological polar surface area (TPSA) is 45.1 Å². The number of nitrogens with one attached hydrogen (secondary N) is 1. The van der Waals surface area contributed by atoms with E-state index in [1.165, 1.54) is 0 Å². The number of aromatic nitrogens is 1. The summed E-state index contributed by atoms with van der Waals surface area (Å²) in [5.74, 6) is 0.850. The van der Waals surface area contributed by atoms with E-state index in [1.807, 2.05) is 0 Å². The molecule has 1 aliphatic heterocycles. The van der Waals surface area contributed by atoms with Crippen LogP contribution in [-0.2, 0) is 0 Å². The Labute approximate surface area is 116 Å². The van der Waals surface area contributed by atoms with E-state index in [4.69, 9.17) is 11.6 Å². The van der Waals surface area contributed by atoms with Gasteiger partial charge in [0.25, 0.3) is 0 Å². The summed E-state index contributed by atoms with van der Waals surface area (Å²) < 4.78 is 0.769. The van der Waals surface area contributed by atoms with Gasteiger partial charge in [0.05, 0.1) is 6.10 Å². The third-order valence-corrected chi connectivity index (χ3v) is 3.46. The fourth-order valence-corrected chi connectivity index (χ4v) is 2.38. The van der Waals surface area contributed by atoms with Gasteiger partial charge >= 0.3 is 0 Å². The van der Waals surface area contributed by atoms with Crippen molar-refractivity contribution in [1.82, 2.24) is 10.3 Å². The summed E-state index contributed by atoms with van der Waals surface area (Å²) in [7, 11) is 0. The molecule has 1 aromatic heterocycles. The summed E-state index contributed by atoms with van der Waals surface area (Å²) in [6, 6.07) is 3.47. The first-order valence-corrected chi connectivity index (χ1v) is 6.83. The van der Waals surface area contributed by atoms with Crippen LogP contribution in [0.25, 0.3) is 0 Å². The van der Waals surface area contributed by atoms with Gasteiger partial charge in [0.1, 0.15) is 4.60 Å². The van der Waals surface area contributed by atoms with Crippen molar-refractivity contribution < 1.29 is 5.11 Å². The van der Waals surface area contributed by atoms with Crippen LogP contribution < -0.4 is 5.32 Å². The number of nitrogens with zero attached hydrogens (tertiary/aromatic N) is 1. The first-order chi connectivity index (χ1) is 8.00. The van der Waals surface area contributed by atoms with Crippen LogP contribution in [0.15, 0.2) is 22.9 Å².